The van der Waals surface area contributed by atoms with Crippen LogP contribution in [0.4, 0.5) is 10.5 Å². The summed E-state index contributed by atoms with van der Waals surface area (Å²) in [4.78, 5) is 36.9. The number of carbonyl (C=O) groups excluding carboxylic acids is 3. The van der Waals surface area contributed by atoms with Crippen LogP contribution in [0.25, 0.3) is 0 Å². The zero-order valence-corrected chi connectivity index (χ0v) is 12.8. The number of nitrogens with one attached hydrogen (secondary N) is 1. The Kier molecular flexibility index (Phi) is 3.56. The van der Waals surface area contributed by atoms with Crippen molar-refractivity contribution in [2.24, 2.45) is 5.41 Å². The second kappa shape index (κ2) is 4.90. The lowest BCUT2D eigenvalue weighted by Gasteiger charge is -2.34. The summed E-state index contributed by atoms with van der Waals surface area (Å²) < 4.78 is 5.83. The summed E-state index contributed by atoms with van der Waals surface area (Å²) in [6.45, 7) is 2.94. The summed E-state index contributed by atoms with van der Waals surface area (Å²) >= 11 is 3.29. The molecule has 7 heteroatoms. The largest absolute Gasteiger partial charge is 0.495 e. The van der Waals surface area contributed by atoms with Crippen molar-refractivity contribution in [1.29, 1.82) is 0 Å². The molecule has 1 N–H and O–H groups in total. The smallest absolute Gasteiger partial charge is 0.335 e. The molecule has 4 amide bonds. The normalized spacial score (nSPS) is 18.0. The van der Waals surface area contributed by atoms with E-state index in [0.717, 1.165) is 4.90 Å². The van der Waals surface area contributed by atoms with Gasteiger partial charge in [-0.15, -0.1) is 0 Å². The van der Waals surface area contributed by atoms with Gasteiger partial charge in [0.15, 0.2) is 0 Å². The van der Waals surface area contributed by atoms with E-state index in [4.69, 9.17) is 4.74 Å². The maximum Gasteiger partial charge on any atom is 0.335 e. The topological polar surface area (TPSA) is 75.7 Å². The molecule has 0 saturated carbocycles. The fraction of sp³-hybridized carbons (Fsp3) is 0.308. The van der Waals surface area contributed by atoms with Crippen molar-refractivity contribution in [2.75, 3.05) is 12.0 Å². The van der Waals surface area contributed by atoms with Crippen molar-refractivity contribution >= 4 is 39.5 Å². The highest BCUT2D eigenvalue weighted by atomic mass is 79.9. The molecule has 1 saturated heterocycles. The minimum Gasteiger partial charge on any atom is -0.495 e. The van der Waals surface area contributed by atoms with E-state index in [-0.39, 0.29) is 0 Å². The lowest BCUT2D eigenvalue weighted by molar-refractivity contribution is -0.140. The van der Waals surface area contributed by atoms with E-state index in [1.807, 2.05) is 0 Å². The van der Waals surface area contributed by atoms with E-state index >= 15 is 0 Å². The molecule has 1 aliphatic heterocycles. The zero-order valence-electron chi connectivity index (χ0n) is 11.2. The van der Waals surface area contributed by atoms with Gasteiger partial charge in [0.1, 0.15) is 11.2 Å². The van der Waals surface area contributed by atoms with E-state index in [9.17, 15) is 14.4 Å². The number of halogens is 1. The molecule has 0 spiro atoms. The van der Waals surface area contributed by atoms with Gasteiger partial charge in [0.2, 0.25) is 11.8 Å². The molecule has 1 aromatic carbocycles. The molecule has 0 bridgehead atoms. The predicted molar refractivity (Wildman–Crippen MR) is 75.5 cm³/mol. The molecule has 0 aromatic heterocycles. The van der Waals surface area contributed by atoms with Gasteiger partial charge in [-0.05, 0) is 41.9 Å². The summed E-state index contributed by atoms with van der Waals surface area (Å²) in [7, 11) is 1.48. The Labute approximate surface area is 124 Å². The van der Waals surface area contributed by atoms with Gasteiger partial charge in [-0.2, -0.15) is 0 Å². The molecule has 0 radical (unpaired) electrons. The molecule has 0 atom stereocenters. The highest BCUT2D eigenvalue weighted by Crippen LogP contribution is 2.33. The zero-order chi connectivity index (χ0) is 15.1. The van der Waals surface area contributed by atoms with Crippen LogP contribution >= 0.6 is 15.9 Å². The maximum atomic E-state index is 12.3. The Morgan fingerprint density at radius 1 is 1.25 bits per heavy atom. The lowest BCUT2D eigenvalue weighted by atomic mass is 9.88. The second-order valence-electron chi connectivity index (χ2n) is 4.84. The Balaban J connectivity index is 2.48. The molecule has 1 aliphatic rings. The van der Waals surface area contributed by atoms with Gasteiger partial charge in [0.25, 0.3) is 0 Å². The predicted octanol–water partition coefficient (Wildman–Crippen LogP) is 2.07. The summed E-state index contributed by atoms with van der Waals surface area (Å²) in [6.07, 6.45) is 0. The van der Waals surface area contributed by atoms with Gasteiger partial charge < -0.3 is 4.74 Å². The fourth-order valence-corrected chi connectivity index (χ4v) is 2.21. The first-order chi connectivity index (χ1) is 9.28. The lowest BCUT2D eigenvalue weighted by Crippen LogP contribution is -2.62. The summed E-state index contributed by atoms with van der Waals surface area (Å²) in [5, 5.41) is 2.18. The molecule has 0 aliphatic carbocycles. The number of hydrogen-bond donors (Lipinski definition) is 1. The third kappa shape index (κ3) is 2.18. The molecule has 1 aromatic rings. The first kappa shape index (κ1) is 14.5. The van der Waals surface area contributed by atoms with Crippen molar-refractivity contribution < 1.29 is 19.1 Å². The molecule has 6 nitrogen and oxygen atoms in total. The number of methoxy groups -OCH3 is 1. The monoisotopic (exact) mass is 340 g/mol. The van der Waals surface area contributed by atoms with E-state index in [1.54, 1.807) is 18.2 Å². The quantitative estimate of drug-likeness (QED) is 0.836. The van der Waals surface area contributed by atoms with Crippen LogP contribution in [0.2, 0.25) is 0 Å². The molecular formula is C13H13BrN2O4. The summed E-state index contributed by atoms with van der Waals surface area (Å²) in [5.41, 5.74) is -0.957. The van der Waals surface area contributed by atoms with Crippen LogP contribution < -0.4 is 15.0 Å². The summed E-state index contributed by atoms with van der Waals surface area (Å²) in [5.74, 6) is -0.693. The van der Waals surface area contributed by atoms with Crippen LogP contribution in [0.1, 0.15) is 13.8 Å². The Hall–Kier alpha value is -1.89. The number of barbiturate groups is 1. The van der Waals surface area contributed by atoms with E-state index in [1.165, 1.54) is 21.0 Å². The first-order valence-electron chi connectivity index (χ1n) is 5.82. The van der Waals surface area contributed by atoms with Gasteiger partial charge in [-0.25, -0.2) is 9.69 Å². The Bertz CT molecular complexity index is 612. The van der Waals surface area contributed by atoms with Gasteiger partial charge >= 0.3 is 6.03 Å². The van der Waals surface area contributed by atoms with Gasteiger partial charge in [-0.1, -0.05) is 0 Å². The third-order valence-electron chi connectivity index (χ3n) is 3.12. The molecule has 1 heterocycles. The number of amides is 4. The fourth-order valence-electron chi connectivity index (χ4n) is 1.80. The molecule has 2 rings (SSSR count). The maximum absolute atomic E-state index is 12.3. The molecule has 20 heavy (non-hydrogen) atoms. The SMILES string of the molecule is COc1cc(N2C(=O)NC(=O)C(C)(C)C2=O)ccc1Br. The van der Waals surface area contributed by atoms with Crippen molar-refractivity contribution in [3.05, 3.63) is 22.7 Å². The van der Waals surface area contributed by atoms with Crippen LogP contribution in [0.15, 0.2) is 22.7 Å². The number of carbonyl (C=O) groups is 3. The van der Waals surface area contributed by atoms with E-state index < -0.39 is 23.3 Å². The van der Waals surface area contributed by atoms with Crippen molar-refractivity contribution in [1.82, 2.24) is 5.32 Å². The Morgan fingerprint density at radius 2 is 1.90 bits per heavy atom. The number of anilines is 1. The van der Waals surface area contributed by atoms with Crippen molar-refractivity contribution in [2.45, 2.75) is 13.8 Å². The highest BCUT2D eigenvalue weighted by Gasteiger charge is 2.47. The minimum atomic E-state index is -1.30. The van der Waals surface area contributed by atoms with Gasteiger partial charge in [0, 0.05) is 6.07 Å². The van der Waals surface area contributed by atoms with E-state index in [0.29, 0.717) is 15.9 Å². The van der Waals surface area contributed by atoms with Gasteiger partial charge in [0.05, 0.1) is 17.3 Å². The molecule has 1 fully saturated rings. The average Bonchev–Trinajstić information content (AvgIpc) is 2.39. The van der Waals surface area contributed by atoms with Crippen molar-refractivity contribution in [3.63, 3.8) is 0 Å². The highest BCUT2D eigenvalue weighted by molar-refractivity contribution is 9.10. The Morgan fingerprint density at radius 3 is 2.50 bits per heavy atom. The van der Waals surface area contributed by atoms with Gasteiger partial charge in [-0.3, -0.25) is 14.9 Å². The third-order valence-corrected chi connectivity index (χ3v) is 3.78. The minimum absolute atomic E-state index is 0.341. The van der Waals surface area contributed by atoms with E-state index in [2.05, 4.69) is 21.2 Å². The van der Waals surface area contributed by atoms with Crippen LogP contribution in [0.3, 0.4) is 0 Å². The second-order valence-corrected chi connectivity index (χ2v) is 5.70. The standard InChI is InChI=1S/C13H13BrN2O4/c1-13(2)10(17)15-12(19)16(11(13)18)7-4-5-8(14)9(6-7)20-3/h4-6H,1-3H3,(H,15,17,19). The number of imide groups is 2. The van der Waals surface area contributed by atoms with Crippen LogP contribution in [0, 0.1) is 5.41 Å². The number of nitrogens with zero attached hydrogens (tertiary/aromatic N) is 1. The number of rotatable bonds is 2. The average molecular weight is 341 g/mol. The van der Waals surface area contributed by atoms with Crippen molar-refractivity contribution in [3.8, 4) is 5.75 Å². The van der Waals surface area contributed by atoms with Crippen LogP contribution in [0.5, 0.6) is 5.75 Å². The number of hydrogen-bond acceptors (Lipinski definition) is 4. The number of ether oxygens (including phenoxy) is 1. The number of benzene rings is 1. The molecular weight excluding hydrogens is 328 g/mol. The summed E-state index contributed by atoms with van der Waals surface area (Å²) in [6, 6.07) is 4.05. The molecule has 106 valence electrons. The number of urea groups is 1. The van der Waals surface area contributed by atoms with Crippen LogP contribution in [-0.4, -0.2) is 25.0 Å². The molecule has 0 unspecified atom stereocenters. The first-order valence-corrected chi connectivity index (χ1v) is 6.62. The van der Waals surface area contributed by atoms with Crippen LogP contribution in [-0.2, 0) is 9.59 Å².